The molecule has 2 aromatic carbocycles. The van der Waals surface area contributed by atoms with Crippen molar-refractivity contribution in [3.8, 4) is 11.8 Å². The van der Waals surface area contributed by atoms with Crippen molar-refractivity contribution in [3.63, 3.8) is 0 Å². The van der Waals surface area contributed by atoms with Crippen LogP contribution in [0.4, 0.5) is 5.69 Å². The van der Waals surface area contributed by atoms with Crippen molar-refractivity contribution in [1.29, 1.82) is 0 Å². The fourth-order valence-electron chi connectivity index (χ4n) is 1.78. The van der Waals surface area contributed by atoms with E-state index in [4.69, 9.17) is 0 Å². The Balaban J connectivity index is 2.15. The molecule has 0 saturated heterocycles. The molecule has 0 aliphatic carbocycles. The molecule has 0 amide bonds. The van der Waals surface area contributed by atoms with E-state index in [1.54, 1.807) is 42.5 Å². The molecule has 122 valence electrons. The van der Waals surface area contributed by atoms with Gasteiger partial charge in [0, 0.05) is 11.6 Å². The SMILES string of the molecule is COC(=O)/C=C/C#Cc1cccc(NS(=O)(=O)c2ccccc2)c1. The average molecular weight is 341 g/mol. The van der Waals surface area contributed by atoms with Gasteiger partial charge < -0.3 is 4.74 Å². The van der Waals surface area contributed by atoms with Gasteiger partial charge in [-0.1, -0.05) is 36.1 Å². The van der Waals surface area contributed by atoms with E-state index < -0.39 is 16.0 Å². The summed E-state index contributed by atoms with van der Waals surface area (Å²) >= 11 is 0. The van der Waals surface area contributed by atoms with E-state index in [1.165, 1.54) is 31.4 Å². The second kappa shape index (κ2) is 7.99. The van der Waals surface area contributed by atoms with Crippen LogP contribution in [0.25, 0.3) is 0 Å². The van der Waals surface area contributed by atoms with Gasteiger partial charge in [0.05, 0.1) is 17.7 Å². The number of ether oxygens (including phenoxy) is 1. The van der Waals surface area contributed by atoms with Gasteiger partial charge in [-0.2, -0.15) is 0 Å². The number of rotatable bonds is 4. The van der Waals surface area contributed by atoms with Gasteiger partial charge in [-0.15, -0.1) is 0 Å². The van der Waals surface area contributed by atoms with E-state index in [0.29, 0.717) is 11.3 Å². The summed E-state index contributed by atoms with van der Waals surface area (Å²) in [7, 11) is -2.36. The number of carbonyl (C=O) groups is 1. The minimum absolute atomic E-state index is 0.183. The Labute approximate surface area is 141 Å². The highest BCUT2D eigenvalue weighted by Crippen LogP contribution is 2.16. The Bertz CT molecular complexity index is 907. The van der Waals surface area contributed by atoms with Crippen LogP contribution in [-0.4, -0.2) is 21.5 Å². The van der Waals surface area contributed by atoms with Gasteiger partial charge in [0.15, 0.2) is 0 Å². The molecule has 0 atom stereocenters. The zero-order valence-corrected chi connectivity index (χ0v) is 13.7. The molecule has 24 heavy (non-hydrogen) atoms. The number of sulfonamides is 1. The molecule has 0 aliphatic heterocycles. The number of allylic oxidation sites excluding steroid dienone is 1. The lowest BCUT2D eigenvalue weighted by Gasteiger charge is -2.08. The zero-order valence-electron chi connectivity index (χ0n) is 12.9. The lowest BCUT2D eigenvalue weighted by molar-refractivity contribution is -0.134. The van der Waals surface area contributed by atoms with E-state index in [0.717, 1.165) is 0 Å². The number of methoxy groups -OCH3 is 1. The molecule has 0 fully saturated rings. The standard InChI is InChI=1S/C18H15NO4S/c1-23-18(20)13-6-5-8-15-9-7-10-16(14-15)19-24(21,22)17-11-3-2-4-12-17/h2-4,6-7,9-14,19H,1H3/b13-6+. The van der Waals surface area contributed by atoms with Crippen LogP contribution in [0.3, 0.4) is 0 Å². The van der Waals surface area contributed by atoms with Crippen LogP contribution < -0.4 is 4.72 Å². The van der Waals surface area contributed by atoms with E-state index in [1.807, 2.05) is 0 Å². The molecule has 1 N–H and O–H groups in total. The summed E-state index contributed by atoms with van der Waals surface area (Å²) in [4.78, 5) is 11.1. The molecule has 2 rings (SSSR count). The van der Waals surface area contributed by atoms with Crippen molar-refractivity contribution in [1.82, 2.24) is 0 Å². The van der Waals surface area contributed by atoms with E-state index in [-0.39, 0.29) is 4.90 Å². The second-order valence-corrected chi connectivity index (χ2v) is 6.31. The maximum absolute atomic E-state index is 12.3. The average Bonchev–Trinajstić information content (AvgIpc) is 2.59. The largest absolute Gasteiger partial charge is 0.466 e. The third kappa shape index (κ3) is 5.00. The lowest BCUT2D eigenvalue weighted by Crippen LogP contribution is -2.12. The Hall–Kier alpha value is -3.04. The first-order chi connectivity index (χ1) is 11.5. The van der Waals surface area contributed by atoms with Crippen LogP contribution >= 0.6 is 0 Å². The van der Waals surface area contributed by atoms with Crippen molar-refractivity contribution in [2.75, 3.05) is 11.8 Å². The Kier molecular flexibility index (Phi) is 5.77. The number of carbonyl (C=O) groups excluding carboxylic acids is 1. The molecule has 0 heterocycles. The number of benzene rings is 2. The highest BCUT2D eigenvalue weighted by atomic mass is 32.2. The Morgan fingerprint density at radius 3 is 2.58 bits per heavy atom. The smallest absolute Gasteiger partial charge is 0.331 e. The topological polar surface area (TPSA) is 72.5 Å². The first-order valence-electron chi connectivity index (χ1n) is 6.95. The van der Waals surface area contributed by atoms with Crippen molar-refractivity contribution in [2.45, 2.75) is 4.90 Å². The fourth-order valence-corrected chi connectivity index (χ4v) is 2.85. The van der Waals surface area contributed by atoms with Crippen LogP contribution in [0, 0.1) is 11.8 Å². The Morgan fingerprint density at radius 1 is 1.12 bits per heavy atom. The molecule has 0 aromatic heterocycles. The number of nitrogens with one attached hydrogen (secondary N) is 1. The van der Waals surface area contributed by atoms with Crippen LogP contribution in [0.15, 0.2) is 71.6 Å². The number of hydrogen-bond donors (Lipinski definition) is 1. The highest BCUT2D eigenvalue weighted by Gasteiger charge is 2.13. The van der Waals surface area contributed by atoms with Gasteiger partial charge in [0.1, 0.15) is 0 Å². The third-order valence-electron chi connectivity index (χ3n) is 2.89. The summed E-state index contributed by atoms with van der Waals surface area (Å²) in [6, 6.07) is 14.8. The van der Waals surface area contributed by atoms with E-state index in [9.17, 15) is 13.2 Å². The van der Waals surface area contributed by atoms with E-state index >= 15 is 0 Å². The second-order valence-electron chi connectivity index (χ2n) is 4.63. The molecule has 0 spiro atoms. The summed E-state index contributed by atoms with van der Waals surface area (Å²) in [5.41, 5.74) is 1.01. The molecule has 0 saturated carbocycles. The predicted molar refractivity (Wildman–Crippen MR) is 91.7 cm³/mol. The summed E-state index contributed by atoms with van der Waals surface area (Å²) < 4.78 is 31.5. The van der Waals surface area contributed by atoms with Crippen LogP contribution in [0.5, 0.6) is 0 Å². The van der Waals surface area contributed by atoms with Crippen molar-refractivity contribution in [2.24, 2.45) is 0 Å². The fraction of sp³-hybridized carbons (Fsp3) is 0.0556. The molecule has 2 aromatic rings. The summed E-state index contributed by atoms with van der Waals surface area (Å²) in [6.45, 7) is 0. The van der Waals surface area contributed by atoms with Crippen LogP contribution in [0.2, 0.25) is 0 Å². The maximum atomic E-state index is 12.3. The van der Waals surface area contributed by atoms with Gasteiger partial charge in [-0.05, 0) is 36.4 Å². The summed E-state index contributed by atoms with van der Waals surface area (Å²) in [6.07, 6.45) is 2.57. The molecular weight excluding hydrogens is 326 g/mol. The zero-order chi connectivity index (χ0) is 17.4. The number of hydrogen-bond acceptors (Lipinski definition) is 4. The van der Waals surface area contributed by atoms with Crippen LogP contribution in [0.1, 0.15) is 5.56 Å². The lowest BCUT2D eigenvalue weighted by atomic mass is 10.2. The van der Waals surface area contributed by atoms with Gasteiger partial charge >= 0.3 is 5.97 Å². The molecule has 6 heteroatoms. The monoisotopic (exact) mass is 341 g/mol. The minimum atomic E-state index is -3.64. The Morgan fingerprint density at radius 2 is 1.88 bits per heavy atom. The first-order valence-corrected chi connectivity index (χ1v) is 8.43. The van der Waals surface area contributed by atoms with Crippen molar-refractivity contribution in [3.05, 3.63) is 72.3 Å². The number of anilines is 1. The molecule has 0 aliphatic rings. The number of esters is 1. The maximum Gasteiger partial charge on any atom is 0.331 e. The first kappa shape index (κ1) is 17.3. The van der Waals surface area contributed by atoms with Gasteiger partial charge in [0.2, 0.25) is 0 Å². The van der Waals surface area contributed by atoms with Crippen molar-refractivity contribution >= 4 is 21.7 Å². The summed E-state index contributed by atoms with van der Waals surface area (Å²) in [5, 5.41) is 0. The molecule has 0 bridgehead atoms. The van der Waals surface area contributed by atoms with Crippen LogP contribution in [-0.2, 0) is 19.6 Å². The highest BCUT2D eigenvalue weighted by molar-refractivity contribution is 7.92. The minimum Gasteiger partial charge on any atom is -0.466 e. The van der Waals surface area contributed by atoms with Gasteiger partial charge in [-0.25, -0.2) is 13.2 Å². The van der Waals surface area contributed by atoms with Gasteiger partial charge in [-0.3, -0.25) is 4.72 Å². The molecule has 0 unspecified atom stereocenters. The van der Waals surface area contributed by atoms with Crippen molar-refractivity contribution < 1.29 is 17.9 Å². The quantitative estimate of drug-likeness (QED) is 0.527. The van der Waals surface area contributed by atoms with E-state index in [2.05, 4.69) is 21.3 Å². The van der Waals surface area contributed by atoms with Gasteiger partial charge in [0.25, 0.3) is 10.0 Å². The molecule has 5 nitrogen and oxygen atoms in total. The normalized spacial score (nSPS) is 10.7. The third-order valence-corrected chi connectivity index (χ3v) is 4.29. The molecular formula is C18H15NO4S. The predicted octanol–water partition coefficient (Wildman–Crippen LogP) is 2.57. The molecule has 0 radical (unpaired) electrons. The summed E-state index contributed by atoms with van der Waals surface area (Å²) in [5.74, 6) is 5.00.